The number of pyridine rings is 1. The molecule has 1 aliphatic rings. The fraction of sp³-hybridized carbons (Fsp3) is 0.500. The highest BCUT2D eigenvalue weighted by Crippen LogP contribution is 2.10. The molecule has 3 nitrogen and oxygen atoms in total. The Labute approximate surface area is 79.0 Å². The highest BCUT2D eigenvalue weighted by atomic mass is 15.3. The first-order valence-corrected chi connectivity index (χ1v) is 4.54. The molecule has 1 fully saturated rings. The first-order chi connectivity index (χ1) is 6.36. The minimum atomic E-state index is 0.926. The molecule has 2 radical (unpaired) electrons. The number of piperazine rings is 1. The molecule has 0 aliphatic carbocycles. The lowest BCUT2D eigenvalue weighted by molar-refractivity contribution is 0.312. The zero-order chi connectivity index (χ0) is 9.10. The third-order valence-electron chi connectivity index (χ3n) is 2.34. The van der Waals surface area contributed by atoms with Gasteiger partial charge in [0.1, 0.15) is 5.82 Å². The summed E-state index contributed by atoms with van der Waals surface area (Å²) in [7, 11) is 2.14. The molecule has 1 aliphatic heterocycles. The minimum absolute atomic E-state index is 0.926. The lowest BCUT2D eigenvalue weighted by Gasteiger charge is -2.32. The summed E-state index contributed by atoms with van der Waals surface area (Å²) < 4.78 is 0. The van der Waals surface area contributed by atoms with E-state index < -0.39 is 0 Å². The maximum absolute atomic E-state index is 4.25. The average molecular weight is 175 g/mol. The van der Waals surface area contributed by atoms with E-state index in [1.807, 2.05) is 0 Å². The van der Waals surface area contributed by atoms with Gasteiger partial charge in [0.2, 0.25) is 0 Å². The number of rotatable bonds is 1. The molecule has 1 aromatic rings. The molecule has 13 heavy (non-hydrogen) atoms. The Morgan fingerprint density at radius 1 is 1.31 bits per heavy atom. The Hall–Kier alpha value is -1.09. The minimum Gasteiger partial charge on any atom is -0.354 e. The topological polar surface area (TPSA) is 19.4 Å². The second-order valence-electron chi connectivity index (χ2n) is 3.33. The third-order valence-corrected chi connectivity index (χ3v) is 2.34. The van der Waals surface area contributed by atoms with Crippen molar-refractivity contribution in [3.63, 3.8) is 0 Å². The van der Waals surface area contributed by atoms with Crippen molar-refractivity contribution < 1.29 is 0 Å². The lowest BCUT2D eigenvalue weighted by Crippen LogP contribution is -2.44. The van der Waals surface area contributed by atoms with E-state index >= 15 is 0 Å². The summed E-state index contributed by atoms with van der Waals surface area (Å²) in [5, 5.41) is 0. The van der Waals surface area contributed by atoms with Crippen molar-refractivity contribution >= 4 is 5.82 Å². The molecule has 1 aromatic heterocycles. The van der Waals surface area contributed by atoms with Crippen LogP contribution in [0.5, 0.6) is 0 Å². The quantitative estimate of drug-likeness (QED) is 0.617. The first-order valence-electron chi connectivity index (χ1n) is 4.54. The molecular weight excluding hydrogens is 162 g/mol. The number of hydrogen-bond donors (Lipinski definition) is 0. The Balaban J connectivity index is 2.03. The number of aromatic nitrogens is 1. The Bertz CT molecular complexity index is 252. The summed E-state index contributed by atoms with van der Waals surface area (Å²) >= 11 is 0. The van der Waals surface area contributed by atoms with Crippen molar-refractivity contribution in [1.29, 1.82) is 0 Å². The van der Waals surface area contributed by atoms with Crippen LogP contribution in [0.2, 0.25) is 0 Å². The average Bonchev–Trinajstić information content (AvgIpc) is 2.20. The predicted octanol–water partition coefficient (Wildman–Crippen LogP) is 0.434. The molecule has 68 valence electrons. The van der Waals surface area contributed by atoms with Gasteiger partial charge in [-0.3, -0.25) is 0 Å². The second-order valence-corrected chi connectivity index (χ2v) is 3.33. The molecule has 0 unspecified atom stereocenters. The van der Waals surface area contributed by atoms with Crippen LogP contribution >= 0.6 is 0 Å². The molecular formula is C10H13N3. The molecule has 0 saturated carbocycles. The van der Waals surface area contributed by atoms with Crippen molar-refractivity contribution in [1.82, 2.24) is 9.88 Å². The van der Waals surface area contributed by atoms with E-state index in [1.165, 1.54) is 0 Å². The maximum Gasteiger partial charge on any atom is 0.137 e. The summed E-state index contributed by atoms with van der Waals surface area (Å²) in [6.07, 6.45) is 1.77. The van der Waals surface area contributed by atoms with Gasteiger partial charge in [0.25, 0.3) is 0 Å². The normalized spacial score (nSPS) is 19.0. The Morgan fingerprint density at radius 2 is 2.08 bits per heavy atom. The monoisotopic (exact) mass is 175 g/mol. The zero-order valence-electron chi connectivity index (χ0n) is 7.82. The molecule has 0 amide bonds. The van der Waals surface area contributed by atoms with Crippen LogP contribution in [0.25, 0.3) is 0 Å². The number of nitrogens with zero attached hydrogens (tertiary/aromatic N) is 3. The Kier molecular flexibility index (Phi) is 2.45. The standard InChI is InChI=1S/C10H13N3/c1-12-6-8-13(9-7-12)10-4-2-3-5-11-10/h3,5H,6-9H2,1H3. The van der Waals surface area contributed by atoms with E-state index in [-0.39, 0.29) is 0 Å². The highest BCUT2D eigenvalue weighted by Gasteiger charge is 2.14. The van der Waals surface area contributed by atoms with Crippen molar-refractivity contribution in [2.75, 3.05) is 38.1 Å². The van der Waals surface area contributed by atoms with Crippen LogP contribution in [0, 0.1) is 12.1 Å². The van der Waals surface area contributed by atoms with Crippen LogP contribution in [0.3, 0.4) is 0 Å². The molecule has 0 N–H and O–H groups in total. The molecule has 2 heterocycles. The molecule has 3 heteroatoms. The van der Waals surface area contributed by atoms with Gasteiger partial charge in [-0.25, -0.2) is 4.98 Å². The van der Waals surface area contributed by atoms with E-state index in [0.29, 0.717) is 0 Å². The largest absolute Gasteiger partial charge is 0.354 e. The van der Waals surface area contributed by atoms with Gasteiger partial charge in [-0.2, -0.15) is 0 Å². The summed E-state index contributed by atoms with van der Waals surface area (Å²) in [5.74, 6) is 0.926. The van der Waals surface area contributed by atoms with E-state index in [0.717, 1.165) is 32.0 Å². The summed E-state index contributed by atoms with van der Waals surface area (Å²) in [4.78, 5) is 8.82. The smallest absolute Gasteiger partial charge is 0.137 e. The predicted molar refractivity (Wildman–Crippen MR) is 51.6 cm³/mol. The fourth-order valence-electron chi connectivity index (χ4n) is 1.46. The van der Waals surface area contributed by atoms with Crippen LogP contribution in [0.15, 0.2) is 12.3 Å². The molecule has 0 aromatic carbocycles. The number of anilines is 1. The van der Waals surface area contributed by atoms with Gasteiger partial charge >= 0.3 is 0 Å². The van der Waals surface area contributed by atoms with Crippen molar-refractivity contribution in [3.8, 4) is 0 Å². The van der Waals surface area contributed by atoms with Crippen molar-refractivity contribution in [2.45, 2.75) is 0 Å². The van der Waals surface area contributed by atoms with Crippen LogP contribution in [-0.2, 0) is 0 Å². The molecule has 1 saturated heterocycles. The van der Waals surface area contributed by atoms with E-state index in [1.54, 1.807) is 12.3 Å². The van der Waals surface area contributed by atoms with Gasteiger partial charge in [-0.15, -0.1) is 0 Å². The van der Waals surface area contributed by atoms with Gasteiger partial charge in [0.15, 0.2) is 0 Å². The van der Waals surface area contributed by atoms with E-state index in [9.17, 15) is 0 Å². The number of likely N-dealkylation sites (N-methyl/N-ethyl adjacent to an activating group) is 1. The van der Waals surface area contributed by atoms with Gasteiger partial charge < -0.3 is 9.80 Å². The molecule has 0 spiro atoms. The fourth-order valence-corrected chi connectivity index (χ4v) is 1.46. The van der Waals surface area contributed by atoms with Gasteiger partial charge in [-0.05, 0) is 19.2 Å². The first kappa shape index (κ1) is 8.51. The van der Waals surface area contributed by atoms with Crippen LogP contribution in [-0.4, -0.2) is 43.1 Å². The Morgan fingerprint density at radius 3 is 2.69 bits per heavy atom. The molecule has 2 rings (SSSR count). The number of hydrogen-bond acceptors (Lipinski definition) is 3. The van der Waals surface area contributed by atoms with Gasteiger partial charge in [0, 0.05) is 38.4 Å². The third kappa shape index (κ3) is 1.98. The molecule has 0 atom stereocenters. The maximum atomic E-state index is 4.25. The van der Waals surface area contributed by atoms with Crippen molar-refractivity contribution in [3.05, 3.63) is 24.4 Å². The van der Waals surface area contributed by atoms with Crippen molar-refractivity contribution in [2.24, 2.45) is 0 Å². The highest BCUT2D eigenvalue weighted by molar-refractivity contribution is 5.36. The van der Waals surface area contributed by atoms with Gasteiger partial charge in [-0.1, -0.05) is 0 Å². The lowest BCUT2D eigenvalue weighted by atomic mass is 10.3. The van der Waals surface area contributed by atoms with E-state index in [4.69, 9.17) is 0 Å². The summed E-state index contributed by atoms with van der Waals surface area (Å²) in [6, 6.07) is 7.73. The second kappa shape index (κ2) is 3.75. The zero-order valence-corrected chi connectivity index (χ0v) is 7.82. The van der Waals surface area contributed by atoms with Crippen LogP contribution in [0.1, 0.15) is 0 Å². The van der Waals surface area contributed by atoms with E-state index in [2.05, 4.69) is 34.0 Å². The SMILES string of the molecule is CN1CCN(c2[c][c]ccn2)CC1. The molecule has 0 bridgehead atoms. The summed E-state index contributed by atoms with van der Waals surface area (Å²) in [6.45, 7) is 4.28. The van der Waals surface area contributed by atoms with Crippen LogP contribution < -0.4 is 4.90 Å². The van der Waals surface area contributed by atoms with Gasteiger partial charge in [0.05, 0.1) is 0 Å². The summed E-state index contributed by atoms with van der Waals surface area (Å²) in [5.41, 5.74) is 0. The van der Waals surface area contributed by atoms with Crippen LogP contribution in [0.4, 0.5) is 5.82 Å².